The summed E-state index contributed by atoms with van der Waals surface area (Å²) in [5.41, 5.74) is 1.39. The van der Waals surface area contributed by atoms with Crippen LogP contribution in [0.25, 0.3) is 0 Å². The molecule has 0 bridgehead atoms. The van der Waals surface area contributed by atoms with Gasteiger partial charge in [0, 0.05) is 3.57 Å². The highest BCUT2D eigenvalue weighted by molar-refractivity contribution is 14.1. The second-order valence-electron chi connectivity index (χ2n) is 3.04. The predicted molar refractivity (Wildman–Crippen MR) is 65.1 cm³/mol. The molecule has 0 fully saturated rings. The summed E-state index contributed by atoms with van der Waals surface area (Å²) in [5, 5.41) is 18.2. The third kappa shape index (κ3) is 2.70. The van der Waals surface area contributed by atoms with Crippen LogP contribution in [0, 0.1) is 10.5 Å². The molecule has 0 unspecified atom stereocenters. The molecular weight excluding hydrogens is 310 g/mol. The molecule has 0 radical (unpaired) electrons. The zero-order valence-corrected chi connectivity index (χ0v) is 10.5. The van der Waals surface area contributed by atoms with Gasteiger partial charge in [-0.3, -0.25) is 0 Å². The van der Waals surface area contributed by atoms with Crippen molar-refractivity contribution in [3.8, 4) is 0 Å². The number of ether oxygens (including phenoxy) is 1. The van der Waals surface area contributed by atoms with Crippen LogP contribution in [-0.2, 0) is 4.74 Å². The second kappa shape index (κ2) is 4.95. The highest BCUT2D eigenvalue weighted by Gasteiger charge is 2.19. The average Bonchev–Trinajstić information content (AvgIpc) is 2.20. The topological polar surface area (TPSA) is 66.8 Å². The van der Waals surface area contributed by atoms with Gasteiger partial charge < -0.3 is 14.8 Å². The minimum absolute atomic E-state index is 0.315. The van der Waals surface area contributed by atoms with Crippen molar-refractivity contribution in [2.24, 2.45) is 0 Å². The number of halogens is 1. The highest BCUT2D eigenvalue weighted by atomic mass is 127. The van der Waals surface area contributed by atoms with Crippen LogP contribution in [0.4, 0.5) is 0 Å². The summed E-state index contributed by atoms with van der Waals surface area (Å²) in [6.45, 7) is 1.76. The Morgan fingerprint density at radius 2 is 2.07 bits per heavy atom. The van der Waals surface area contributed by atoms with E-state index in [0.29, 0.717) is 11.0 Å². The second-order valence-corrected chi connectivity index (χ2v) is 4.20. The molecule has 0 spiro atoms. The van der Waals surface area contributed by atoms with E-state index in [1.54, 1.807) is 13.0 Å². The van der Waals surface area contributed by atoms with Crippen molar-refractivity contribution in [2.75, 3.05) is 7.11 Å². The molecule has 1 aromatic rings. The van der Waals surface area contributed by atoms with Crippen LogP contribution >= 0.6 is 22.6 Å². The Labute approximate surface area is 102 Å². The van der Waals surface area contributed by atoms with Crippen LogP contribution in [0.15, 0.2) is 12.1 Å². The van der Waals surface area contributed by atoms with E-state index < -0.39 is 13.1 Å². The Balaban J connectivity index is 3.29. The Bertz CT molecular complexity index is 392. The Morgan fingerprint density at radius 1 is 1.47 bits per heavy atom. The van der Waals surface area contributed by atoms with Crippen molar-refractivity contribution in [3.05, 3.63) is 26.8 Å². The van der Waals surface area contributed by atoms with Crippen molar-refractivity contribution in [1.82, 2.24) is 0 Å². The van der Waals surface area contributed by atoms with Gasteiger partial charge in [0.2, 0.25) is 0 Å². The fourth-order valence-electron chi connectivity index (χ4n) is 1.20. The SMILES string of the molecule is COC(=O)c1cc(I)c(C)c(B(O)O)c1. The molecule has 0 aliphatic carbocycles. The maximum absolute atomic E-state index is 11.3. The van der Waals surface area contributed by atoms with Crippen molar-refractivity contribution < 1.29 is 19.6 Å². The molecule has 0 saturated heterocycles. The quantitative estimate of drug-likeness (QED) is 0.460. The van der Waals surface area contributed by atoms with E-state index in [0.717, 1.165) is 9.13 Å². The molecule has 0 atom stereocenters. The van der Waals surface area contributed by atoms with Gasteiger partial charge in [0.15, 0.2) is 0 Å². The summed E-state index contributed by atoms with van der Waals surface area (Å²) >= 11 is 2.03. The molecule has 6 heteroatoms. The lowest BCUT2D eigenvalue weighted by Crippen LogP contribution is -2.33. The van der Waals surface area contributed by atoms with Gasteiger partial charge in [-0.15, -0.1) is 0 Å². The zero-order valence-electron chi connectivity index (χ0n) is 8.32. The average molecular weight is 320 g/mol. The van der Waals surface area contributed by atoms with Crippen LogP contribution in [-0.4, -0.2) is 30.2 Å². The van der Waals surface area contributed by atoms with Gasteiger partial charge >= 0.3 is 13.1 Å². The zero-order chi connectivity index (χ0) is 11.6. The van der Waals surface area contributed by atoms with Gasteiger partial charge in [-0.1, -0.05) is 0 Å². The Morgan fingerprint density at radius 3 is 2.53 bits per heavy atom. The summed E-state index contributed by atoms with van der Waals surface area (Å²) in [6, 6.07) is 3.07. The number of esters is 1. The third-order valence-corrected chi connectivity index (χ3v) is 3.20. The minimum Gasteiger partial charge on any atom is -0.465 e. The number of hydrogen-bond acceptors (Lipinski definition) is 4. The largest absolute Gasteiger partial charge is 0.488 e. The highest BCUT2D eigenvalue weighted by Crippen LogP contribution is 2.13. The lowest BCUT2D eigenvalue weighted by molar-refractivity contribution is 0.0601. The van der Waals surface area contributed by atoms with Crippen molar-refractivity contribution >= 4 is 41.1 Å². The smallest absolute Gasteiger partial charge is 0.465 e. The van der Waals surface area contributed by atoms with E-state index in [1.165, 1.54) is 13.2 Å². The molecule has 1 aromatic carbocycles. The Hall–Kier alpha value is -0.595. The predicted octanol–water partition coefficient (Wildman–Crippen LogP) is 0.0660. The van der Waals surface area contributed by atoms with Gasteiger partial charge in [-0.05, 0) is 52.7 Å². The standard InChI is InChI=1S/C9H10BIO4/c1-5-7(10(13)14)3-6(4-8(5)11)9(12)15-2/h3-4,13-14H,1-2H3. The molecule has 0 saturated carbocycles. The number of methoxy groups -OCH3 is 1. The summed E-state index contributed by atoms with van der Waals surface area (Å²) < 4.78 is 5.35. The lowest BCUT2D eigenvalue weighted by Gasteiger charge is -2.09. The van der Waals surface area contributed by atoms with Crippen molar-refractivity contribution in [2.45, 2.75) is 6.92 Å². The Kier molecular flexibility index (Phi) is 4.12. The number of hydrogen-bond donors (Lipinski definition) is 2. The first-order valence-electron chi connectivity index (χ1n) is 4.22. The van der Waals surface area contributed by atoms with Gasteiger partial charge in [-0.2, -0.15) is 0 Å². The minimum atomic E-state index is -1.58. The van der Waals surface area contributed by atoms with Crippen molar-refractivity contribution in [3.63, 3.8) is 0 Å². The summed E-state index contributed by atoms with van der Waals surface area (Å²) in [4.78, 5) is 11.3. The van der Waals surface area contributed by atoms with E-state index in [4.69, 9.17) is 10.0 Å². The number of carbonyl (C=O) groups excluding carboxylic acids is 1. The normalized spacial score (nSPS) is 9.93. The fraction of sp³-hybridized carbons (Fsp3) is 0.222. The molecule has 4 nitrogen and oxygen atoms in total. The molecule has 0 aliphatic heterocycles. The van der Waals surface area contributed by atoms with E-state index in [-0.39, 0.29) is 0 Å². The molecule has 0 aromatic heterocycles. The summed E-state index contributed by atoms with van der Waals surface area (Å²) in [7, 11) is -0.299. The molecule has 15 heavy (non-hydrogen) atoms. The van der Waals surface area contributed by atoms with E-state index in [2.05, 4.69) is 4.74 Å². The van der Waals surface area contributed by atoms with E-state index in [1.807, 2.05) is 22.6 Å². The first-order valence-corrected chi connectivity index (χ1v) is 5.29. The first-order chi connectivity index (χ1) is 6.97. The molecule has 0 aliphatic rings. The molecule has 0 amide bonds. The molecule has 2 N–H and O–H groups in total. The van der Waals surface area contributed by atoms with Crippen LogP contribution < -0.4 is 5.46 Å². The van der Waals surface area contributed by atoms with Gasteiger partial charge in [-0.25, -0.2) is 4.79 Å². The van der Waals surface area contributed by atoms with Gasteiger partial charge in [0.1, 0.15) is 0 Å². The number of rotatable bonds is 2. The summed E-state index contributed by atoms with van der Waals surface area (Å²) in [6.07, 6.45) is 0. The molecule has 80 valence electrons. The third-order valence-electron chi connectivity index (χ3n) is 2.08. The van der Waals surface area contributed by atoms with Gasteiger partial charge in [0.25, 0.3) is 0 Å². The molecular formula is C9H10BIO4. The van der Waals surface area contributed by atoms with E-state index >= 15 is 0 Å². The lowest BCUT2D eigenvalue weighted by atomic mass is 9.76. The van der Waals surface area contributed by atoms with E-state index in [9.17, 15) is 4.79 Å². The van der Waals surface area contributed by atoms with Crippen molar-refractivity contribution in [1.29, 1.82) is 0 Å². The number of benzene rings is 1. The summed E-state index contributed by atoms with van der Waals surface area (Å²) in [5.74, 6) is -0.491. The maximum atomic E-state index is 11.3. The fourth-order valence-corrected chi connectivity index (χ4v) is 1.85. The number of carbonyl (C=O) groups is 1. The molecule has 1 rings (SSSR count). The van der Waals surface area contributed by atoms with Crippen LogP contribution in [0.2, 0.25) is 0 Å². The van der Waals surface area contributed by atoms with Crippen LogP contribution in [0.5, 0.6) is 0 Å². The monoisotopic (exact) mass is 320 g/mol. The first kappa shape index (κ1) is 12.5. The van der Waals surface area contributed by atoms with Crippen LogP contribution in [0.3, 0.4) is 0 Å². The maximum Gasteiger partial charge on any atom is 0.488 e. The van der Waals surface area contributed by atoms with Crippen LogP contribution in [0.1, 0.15) is 15.9 Å². The van der Waals surface area contributed by atoms with Gasteiger partial charge in [0.05, 0.1) is 12.7 Å². The molecule has 0 heterocycles.